The SMILES string of the molecule is COc1ccc(C(=O)Nn2c(C)c3c(=O)n(C)[nH]c3cc2=O)cc1. The number of methoxy groups -OCH3 is 1. The van der Waals surface area contributed by atoms with E-state index in [-0.39, 0.29) is 5.56 Å². The second-order valence-electron chi connectivity index (χ2n) is 5.34. The van der Waals surface area contributed by atoms with Crippen LogP contribution in [-0.4, -0.2) is 27.5 Å². The molecule has 0 bridgehead atoms. The number of carbonyl (C=O) groups is 1. The number of rotatable bonds is 3. The fourth-order valence-corrected chi connectivity index (χ4v) is 2.54. The summed E-state index contributed by atoms with van der Waals surface area (Å²) in [4.78, 5) is 36.7. The largest absolute Gasteiger partial charge is 0.497 e. The fraction of sp³-hybridized carbons (Fsp3) is 0.188. The van der Waals surface area contributed by atoms with E-state index >= 15 is 0 Å². The van der Waals surface area contributed by atoms with Gasteiger partial charge in [-0.2, -0.15) is 0 Å². The lowest BCUT2D eigenvalue weighted by Crippen LogP contribution is -2.34. The molecule has 0 aliphatic rings. The highest BCUT2D eigenvalue weighted by molar-refractivity contribution is 6.00. The maximum absolute atomic E-state index is 12.3. The van der Waals surface area contributed by atoms with E-state index in [1.165, 1.54) is 17.9 Å². The predicted molar refractivity (Wildman–Crippen MR) is 89.2 cm³/mol. The van der Waals surface area contributed by atoms with Gasteiger partial charge in [-0.3, -0.25) is 29.6 Å². The van der Waals surface area contributed by atoms with E-state index in [1.54, 1.807) is 38.2 Å². The van der Waals surface area contributed by atoms with E-state index < -0.39 is 11.5 Å². The molecule has 8 heteroatoms. The molecule has 1 amide bonds. The number of aryl methyl sites for hydroxylation is 2. The molecular formula is C16H16N4O4. The Morgan fingerprint density at radius 3 is 2.50 bits per heavy atom. The number of carbonyl (C=O) groups excluding carboxylic acids is 1. The minimum Gasteiger partial charge on any atom is -0.497 e. The maximum Gasteiger partial charge on any atom is 0.275 e. The fourth-order valence-electron chi connectivity index (χ4n) is 2.54. The molecule has 0 aliphatic heterocycles. The van der Waals surface area contributed by atoms with Crippen molar-refractivity contribution >= 4 is 16.8 Å². The summed E-state index contributed by atoms with van der Waals surface area (Å²) in [5.74, 6) is 0.159. The predicted octanol–water partition coefficient (Wildman–Crippen LogP) is 0.729. The number of benzene rings is 1. The van der Waals surface area contributed by atoms with Crippen LogP contribution in [-0.2, 0) is 7.05 Å². The maximum atomic E-state index is 12.3. The highest BCUT2D eigenvalue weighted by Gasteiger charge is 2.15. The molecule has 0 atom stereocenters. The topological polar surface area (TPSA) is 98.1 Å². The van der Waals surface area contributed by atoms with Crippen molar-refractivity contribution in [2.75, 3.05) is 12.5 Å². The smallest absolute Gasteiger partial charge is 0.275 e. The Balaban J connectivity index is 2.03. The number of aromatic nitrogens is 3. The van der Waals surface area contributed by atoms with Crippen molar-refractivity contribution in [2.24, 2.45) is 7.05 Å². The first-order valence-corrected chi connectivity index (χ1v) is 7.19. The average molecular weight is 328 g/mol. The zero-order chi connectivity index (χ0) is 17.4. The molecule has 3 rings (SSSR count). The Hall–Kier alpha value is -3.29. The van der Waals surface area contributed by atoms with Gasteiger partial charge in [0, 0.05) is 18.7 Å². The third-order valence-electron chi connectivity index (χ3n) is 3.83. The van der Waals surface area contributed by atoms with Gasteiger partial charge in [0.05, 0.1) is 23.7 Å². The lowest BCUT2D eigenvalue weighted by molar-refractivity contribution is 0.101. The molecule has 24 heavy (non-hydrogen) atoms. The Morgan fingerprint density at radius 2 is 1.88 bits per heavy atom. The summed E-state index contributed by atoms with van der Waals surface area (Å²) in [5, 5.41) is 3.15. The molecule has 0 saturated carbocycles. The van der Waals surface area contributed by atoms with E-state index in [9.17, 15) is 14.4 Å². The first-order valence-electron chi connectivity index (χ1n) is 7.19. The molecule has 0 saturated heterocycles. The van der Waals surface area contributed by atoms with E-state index in [0.29, 0.717) is 27.9 Å². The van der Waals surface area contributed by atoms with Crippen LogP contribution in [0, 0.1) is 6.92 Å². The van der Waals surface area contributed by atoms with E-state index in [4.69, 9.17) is 4.74 Å². The minimum absolute atomic E-state index is 0.269. The Morgan fingerprint density at radius 1 is 1.21 bits per heavy atom. The lowest BCUT2D eigenvalue weighted by Gasteiger charge is -2.12. The van der Waals surface area contributed by atoms with Crippen LogP contribution in [0.5, 0.6) is 5.75 Å². The van der Waals surface area contributed by atoms with Crippen LogP contribution in [0.25, 0.3) is 10.9 Å². The Bertz CT molecular complexity index is 1040. The van der Waals surface area contributed by atoms with Crippen molar-refractivity contribution in [3.8, 4) is 5.75 Å². The second kappa shape index (κ2) is 5.73. The number of hydrogen-bond acceptors (Lipinski definition) is 4. The first kappa shape index (κ1) is 15.6. The molecule has 2 heterocycles. The summed E-state index contributed by atoms with van der Waals surface area (Å²) in [6.07, 6.45) is 0. The van der Waals surface area contributed by atoms with Gasteiger partial charge >= 0.3 is 0 Å². The zero-order valence-corrected chi connectivity index (χ0v) is 13.4. The summed E-state index contributed by atoms with van der Waals surface area (Å²) < 4.78 is 7.40. The average Bonchev–Trinajstić information content (AvgIpc) is 2.85. The van der Waals surface area contributed by atoms with Crippen LogP contribution in [0.3, 0.4) is 0 Å². The van der Waals surface area contributed by atoms with Gasteiger partial charge in [-0.1, -0.05) is 0 Å². The van der Waals surface area contributed by atoms with Gasteiger partial charge in [0.1, 0.15) is 5.75 Å². The van der Waals surface area contributed by atoms with Crippen LogP contribution in [0.2, 0.25) is 0 Å². The van der Waals surface area contributed by atoms with Crippen molar-refractivity contribution in [1.29, 1.82) is 0 Å². The number of amides is 1. The van der Waals surface area contributed by atoms with Crippen LogP contribution < -0.4 is 21.3 Å². The van der Waals surface area contributed by atoms with Crippen molar-refractivity contribution in [1.82, 2.24) is 14.5 Å². The van der Waals surface area contributed by atoms with Gasteiger partial charge in [0.25, 0.3) is 17.0 Å². The lowest BCUT2D eigenvalue weighted by atomic mass is 10.2. The molecule has 3 aromatic rings. The number of nitrogens with one attached hydrogen (secondary N) is 2. The molecule has 2 N–H and O–H groups in total. The summed E-state index contributed by atoms with van der Waals surface area (Å²) in [6.45, 7) is 1.60. The summed E-state index contributed by atoms with van der Waals surface area (Å²) in [7, 11) is 3.09. The molecule has 8 nitrogen and oxygen atoms in total. The number of nitrogens with zero attached hydrogens (tertiary/aromatic N) is 2. The molecule has 2 aromatic heterocycles. The molecule has 0 unspecified atom stereocenters. The third-order valence-corrected chi connectivity index (χ3v) is 3.83. The first-order chi connectivity index (χ1) is 11.4. The second-order valence-corrected chi connectivity index (χ2v) is 5.34. The number of ether oxygens (including phenoxy) is 1. The highest BCUT2D eigenvalue weighted by atomic mass is 16.5. The van der Waals surface area contributed by atoms with Gasteiger partial charge in [0.15, 0.2) is 0 Å². The molecular weight excluding hydrogens is 312 g/mol. The normalized spacial score (nSPS) is 10.8. The number of hydrogen-bond donors (Lipinski definition) is 2. The van der Waals surface area contributed by atoms with Crippen molar-refractivity contribution in [2.45, 2.75) is 6.92 Å². The number of H-pyrrole nitrogens is 1. The van der Waals surface area contributed by atoms with Crippen LogP contribution in [0.4, 0.5) is 0 Å². The molecule has 0 fully saturated rings. The standard InChI is InChI=1S/C16H16N4O4/c1-9-14-12(17-19(2)16(14)23)8-13(21)20(9)18-15(22)10-4-6-11(24-3)7-5-10/h4-8,17H,1-3H3,(H,18,22). The van der Waals surface area contributed by atoms with Crippen molar-refractivity contribution in [3.05, 3.63) is 62.3 Å². The summed E-state index contributed by atoms with van der Waals surface area (Å²) in [6, 6.07) is 7.74. The summed E-state index contributed by atoms with van der Waals surface area (Å²) >= 11 is 0. The van der Waals surface area contributed by atoms with Crippen LogP contribution in [0.1, 0.15) is 16.1 Å². The van der Waals surface area contributed by atoms with Crippen molar-refractivity contribution in [3.63, 3.8) is 0 Å². The quantitative estimate of drug-likeness (QED) is 0.740. The molecule has 0 radical (unpaired) electrons. The van der Waals surface area contributed by atoms with Crippen molar-refractivity contribution < 1.29 is 9.53 Å². The number of pyridine rings is 1. The Labute approximate surface area is 136 Å². The van der Waals surface area contributed by atoms with Gasteiger partial charge in [-0.05, 0) is 31.2 Å². The van der Waals surface area contributed by atoms with E-state index in [1.807, 2.05) is 0 Å². The molecule has 1 aromatic carbocycles. The monoisotopic (exact) mass is 328 g/mol. The van der Waals surface area contributed by atoms with Gasteiger partial charge in [0.2, 0.25) is 0 Å². The van der Waals surface area contributed by atoms with Crippen LogP contribution >= 0.6 is 0 Å². The molecule has 124 valence electrons. The third kappa shape index (κ3) is 2.47. The minimum atomic E-state index is -0.463. The Kier molecular flexibility index (Phi) is 3.72. The van der Waals surface area contributed by atoms with Gasteiger partial charge in [-0.15, -0.1) is 0 Å². The molecule has 0 spiro atoms. The van der Waals surface area contributed by atoms with Gasteiger partial charge in [-0.25, -0.2) is 4.68 Å². The number of aromatic amines is 1. The summed E-state index contributed by atoms with van der Waals surface area (Å²) in [5.41, 5.74) is 2.97. The zero-order valence-electron chi connectivity index (χ0n) is 13.4. The van der Waals surface area contributed by atoms with Crippen LogP contribution in [0.15, 0.2) is 39.9 Å². The van der Waals surface area contributed by atoms with E-state index in [0.717, 1.165) is 4.68 Å². The van der Waals surface area contributed by atoms with Gasteiger partial charge < -0.3 is 4.74 Å². The molecule has 0 aliphatic carbocycles. The number of fused-ring (bicyclic) bond motifs is 1. The van der Waals surface area contributed by atoms with E-state index in [2.05, 4.69) is 10.5 Å². The highest BCUT2D eigenvalue weighted by Crippen LogP contribution is 2.12.